The van der Waals surface area contributed by atoms with E-state index in [4.69, 9.17) is 0 Å². The fraction of sp³-hybridized carbons (Fsp3) is 0.0833. The van der Waals surface area contributed by atoms with Crippen LogP contribution in [-0.2, 0) is 0 Å². The monoisotopic (exact) mass is 312 g/mol. The Morgan fingerprint density at radius 2 is 2.06 bits per heavy atom. The summed E-state index contributed by atoms with van der Waals surface area (Å²) < 4.78 is 2.05. The highest BCUT2D eigenvalue weighted by atomic mass is 79.9. The second kappa shape index (κ2) is 5.66. The average Bonchev–Trinajstić information content (AvgIpc) is 2.79. The van der Waals surface area contributed by atoms with E-state index < -0.39 is 0 Å². The number of carbonyl (C=O) groups is 1. The van der Waals surface area contributed by atoms with Crippen molar-refractivity contribution in [2.24, 2.45) is 0 Å². The Kier molecular flexibility index (Phi) is 4.21. The molecule has 0 aliphatic heterocycles. The minimum atomic E-state index is 0.158. The first-order valence-corrected chi connectivity index (χ1v) is 7.37. The number of hydrogen-bond acceptors (Lipinski definition) is 3. The van der Waals surface area contributed by atoms with E-state index in [1.54, 1.807) is 23.1 Å². The second-order valence-electron chi connectivity index (χ2n) is 3.12. The molecule has 1 heterocycles. The van der Waals surface area contributed by atoms with E-state index in [0.29, 0.717) is 5.75 Å². The molecule has 0 fully saturated rings. The van der Waals surface area contributed by atoms with E-state index in [0.717, 1.165) is 10.0 Å². The van der Waals surface area contributed by atoms with Gasteiger partial charge in [0.2, 0.25) is 0 Å². The van der Waals surface area contributed by atoms with Gasteiger partial charge in [0.25, 0.3) is 0 Å². The van der Waals surface area contributed by atoms with Crippen LogP contribution >= 0.6 is 39.0 Å². The molecule has 0 bridgehead atoms. The summed E-state index contributed by atoms with van der Waals surface area (Å²) in [7, 11) is 0. The van der Waals surface area contributed by atoms with Crippen LogP contribution < -0.4 is 0 Å². The summed E-state index contributed by atoms with van der Waals surface area (Å²) >= 11 is 6.64. The zero-order chi connectivity index (χ0) is 11.4. The summed E-state index contributed by atoms with van der Waals surface area (Å²) in [5.74, 6) is 0.647. The smallest absolute Gasteiger partial charge is 0.174 e. The van der Waals surface area contributed by atoms with Crippen LogP contribution in [0.2, 0.25) is 0 Å². The van der Waals surface area contributed by atoms with Gasteiger partial charge in [0.15, 0.2) is 5.78 Å². The van der Waals surface area contributed by atoms with Crippen molar-refractivity contribution >= 4 is 44.8 Å². The van der Waals surface area contributed by atoms with Gasteiger partial charge in [-0.05, 0) is 17.5 Å². The number of thiophene rings is 1. The fourth-order valence-electron chi connectivity index (χ4n) is 1.25. The van der Waals surface area contributed by atoms with Crippen LogP contribution in [0, 0.1) is 0 Å². The van der Waals surface area contributed by atoms with Gasteiger partial charge in [-0.25, -0.2) is 0 Å². The quantitative estimate of drug-likeness (QED) is 0.611. The highest BCUT2D eigenvalue weighted by Gasteiger charge is 2.09. The number of Topliss-reactive ketones (excluding diaryl/α,β-unsaturated/α-hetero) is 1. The van der Waals surface area contributed by atoms with E-state index >= 15 is 0 Å². The Balaban J connectivity index is 2.01. The summed E-state index contributed by atoms with van der Waals surface area (Å²) in [5, 5.41) is 2.02. The Labute approximate surface area is 111 Å². The summed E-state index contributed by atoms with van der Waals surface area (Å²) in [6.45, 7) is 0. The van der Waals surface area contributed by atoms with Crippen LogP contribution in [0.1, 0.15) is 10.4 Å². The normalized spacial score (nSPS) is 10.3. The first kappa shape index (κ1) is 11.9. The standard InChI is InChI=1S/C12H9BrOS2/c13-10-5-2-1-4-9(10)11(14)8-16-12-6-3-7-15-12/h1-7H,8H2. The molecular weight excluding hydrogens is 304 g/mol. The lowest BCUT2D eigenvalue weighted by Crippen LogP contribution is -2.02. The van der Waals surface area contributed by atoms with E-state index in [1.807, 2.05) is 41.8 Å². The number of benzene rings is 1. The first-order valence-electron chi connectivity index (χ1n) is 4.71. The fourth-order valence-corrected chi connectivity index (χ4v) is 3.42. The lowest BCUT2D eigenvalue weighted by molar-refractivity contribution is 0.102. The first-order chi connectivity index (χ1) is 7.77. The molecular formula is C12H9BrOS2. The van der Waals surface area contributed by atoms with Gasteiger partial charge >= 0.3 is 0 Å². The van der Waals surface area contributed by atoms with Crippen LogP contribution in [0.25, 0.3) is 0 Å². The maximum atomic E-state index is 11.9. The maximum absolute atomic E-state index is 11.9. The van der Waals surface area contributed by atoms with Crippen molar-refractivity contribution < 1.29 is 4.79 Å². The Hall–Kier alpha value is -0.580. The molecule has 4 heteroatoms. The molecule has 1 aromatic heterocycles. The van der Waals surface area contributed by atoms with Crippen molar-refractivity contribution in [2.45, 2.75) is 4.21 Å². The van der Waals surface area contributed by atoms with E-state index in [9.17, 15) is 4.79 Å². The number of rotatable bonds is 4. The number of thioether (sulfide) groups is 1. The van der Waals surface area contributed by atoms with Crippen LogP contribution in [0.3, 0.4) is 0 Å². The Bertz CT molecular complexity index is 480. The third kappa shape index (κ3) is 2.97. The van der Waals surface area contributed by atoms with Gasteiger partial charge in [0.1, 0.15) is 0 Å². The molecule has 0 aliphatic carbocycles. The van der Waals surface area contributed by atoms with E-state index in [-0.39, 0.29) is 5.78 Å². The molecule has 0 amide bonds. The Morgan fingerprint density at radius 3 is 2.75 bits per heavy atom. The average molecular weight is 313 g/mol. The van der Waals surface area contributed by atoms with Gasteiger partial charge in [-0.1, -0.05) is 40.2 Å². The van der Waals surface area contributed by atoms with Gasteiger partial charge in [0.05, 0.1) is 9.96 Å². The van der Waals surface area contributed by atoms with Gasteiger partial charge in [-0.2, -0.15) is 0 Å². The molecule has 0 unspecified atom stereocenters. The van der Waals surface area contributed by atoms with Crippen LogP contribution in [0.15, 0.2) is 50.5 Å². The lowest BCUT2D eigenvalue weighted by Gasteiger charge is -2.02. The molecule has 0 spiro atoms. The minimum Gasteiger partial charge on any atom is -0.293 e. The zero-order valence-corrected chi connectivity index (χ0v) is 11.6. The molecule has 0 atom stereocenters. The lowest BCUT2D eigenvalue weighted by atomic mass is 10.1. The SMILES string of the molecule is O=C(CSc1cccs1)c1ccccc1Br. The molecule has 2 aromatic rings. The minimum absolute atomic E-state index is 0.158. The molecule has 0 saturated heterocycles. The molecule has 0 radical (unpaired) electrons. The summed E-state index contributed by atoms with van der Waals surface area (Å²) in [6, 6.07) is 11.6. The number of hydrogen-bond donors (Lipinski definition) is 0. The van der Waals surface area contributed by atoms with Gasteiger partial charge in [-0.3, -0.25) is 4.79 Å². The number of carbonyl (C=O) groups excluding carboxylic acids is 1. The summed E-state index contributed by atoms with van der Waals surface area (Å²) in [6.07, 6.45) is 0. The maximum Gasteiger partial charge on any atom is 0.174 e. The number of halogens is 1. The molecule has 1 aromatic carbocycles. The topological polar surface area (TPSA) is 17.1 Å². The summed E-state index contributed by atoms with van der Waals surface area (Å²) in [5.41, 5.74) is 0.756. The highest BCUT2D eigenvalue weighted by Crippen LogP contribution is 2.25. The predicted octanol–water partition coefficient (Wildman–Crippen LogP) is 4.49. The van der Waals surface area contributed by atoms with Crippen molar-refractivity contribution in [1.82, 2.24) is 0 Å². The molecule has 82 valence electrons. The Morgan fingerprint density at radius 1 is 1.25 bits per heavy atom. The second-order valence-corrected chi connectivity index (χ2v) is 6.20. The van der Waals surface area contributed by atoms with Crippen molar-refractivity contribution in [3.05, 3.63) is 51.8 Å². The third-order valence-corrected chi connectivity index (χ3v) is 4.84. The largest absolute Gasteiger partial charge is 0.293 e. The molecule has 16 heavy (non-hydrogen) atoms. The molecule has 1 nitrogen and oxygen atoms in total. The van der Waals surface area contributed by atoms with Crippen molar-refractivity contribution in [1.29, 1.82) is 0 Å². The number of ketones is 1. The van der Waals surface area contributed by atoms with Crippen molar-refractivity contribution in [3.8, 4) is 0 Å². The van der Waals surface area contributed by atoms with Crippen LogP contribution in [-0.4, -0.2) is 11.5 Å². The molecule has 2 rings (SSSR count). The van der Waals surface area contributed by atoms with Gasteiger partial charge < -0.3 is 0 Å². The van der Waals surface area contributed by atoms with Gasteiger partial charge in [0, 0.05) is 10.0 Å². The predicted molar refractivity (Wildman–Crippen MR) is 73.5 cm³/mol. The third-order valence-electron chi connectivity index (χ3n) is 2.01. The van der Waals surface area contributed by atoms with Crippen molar-refractivity contribution in [2.75, 3.05) is 5.75 Å². The molecule has 0 aliphatic rings. The summed E-state index contributed by atoms with van der Waals surface area (Å²) in [4.78, 5) is 11.9. The zero-order valence-electron chi connectivity index (χ0n) is 8.35. The molecule has 0 N–H and O–H groups in total. The highest BCUT2D eigenvalue weighted by molar-refractivity contribution is 9.10. The van der Waals surface area contributed by atoms with E-state index in [1.165, 1.54) is 4.21 Å². The van der Waals surface area contributed by atoms with Gasteiger partial charge in [-0.15, -0.1) is 23.1 Å². The van der Waals surface area contributed by atoms with Crippen molar-refractivity contribution in [3.63, 3.8) is 0 Å². The van der Waals surface area contributed by atoms with Crippen LogP contribution in [0.4, 0.5) is 0 Å². The van der Waals surface area contributed by atoms with Crippen LogP contribution in [0.5, 0.6) is 0 Å². The molecule has 0 saturated carbocycles. The van der Waals surface area contributed by atoms with E-state index in [2.05, 4.69) is 15.9 Å².